The molecule has 5 heteroatoms. The summed E-state index contributed by atoms with van der Waals surface area (Å²) in [6.07, 6.45) is 4.08. The predicted molar refractivity (Wildman–Crippen MR) is 69.6 cm³/mol. The van der Waals surface area contributed by atoms with Gasteiger partial charge in [0.2, 0.25) is 0 Å². The summed E-state index contributed by atoms with van der Waals surface area (Å²) in [5.41, 5.74) is 7.67. The smallest absolute Gasteiger partial charge is 0.130 e. The molecule has 0 saturated carbocycles. The fourth-order valence-corrected chi connectivity index (χ4v) is 2.01. The van der Waals surface area contributed by atoms with Gasteiger partial charge in [-0.1, -0.05) is 0 Å². The molecule has 0 aliphatic rings. The second-order valence-corrected chi connectivity index (χ2v) is 4.64. The Morgan fingerprint density at radius 3 is 2.68 bits per heavy atom. The van der Waals surface area contributed by atoms with Crippen molar-refractivity contribution < 1.29 is 8.78 Å². The summed E-state index contributed by atoms with van der Waals surface area (Å²) in [6, 6.07) is 1.85. The van der Waals surface area contributed by atoms with E-state index in [1.165, 1.54) is 6.07 Å². The van der Waals surface area contributed by atoms with E-state index in [4.69, 9.17) is 5.73 Å². The number of nitrogens with zero attached hydrogens (tertiary/aromatic N) is 2. The van der Waals surface area contributed by atoms with Crippen molar-refractivity contribution in [2.45, 2.75) is 32.9 Å². The van der Waals surface area contributed by atoms with Crippen LogP contribution in [0.25, 0.3) is 0 Å². The fourth-order valence-electron chi connectivity index (χ4n) is 2.01. The molecule has 0 radical (unpaired) electrons. The highest BCUT2D eigenvalue weighted by Gasteiger charge is 2.15. The normalized spacial score (nSPS) is 12.7. The number of aromatic nitrogens is 2. The van der Waals surface area contributed by atoms with E-state index in [0.29, 0.717) is 17.5 Å². The Morgan fingerprint density at radius 2 is 2.05 bits per heavy atom. The van der Waals surface area contributed by atoms with E-state index in [1.807, 2.05) is 13.1 Å². The molecule has 0 amide bonds. The standard InChI is InChI=1S/C14H17F2N3/c1-3-19-8-10(7-18-19)5-14(17)11-4-9(2)12(15)6-13(11)16/h4,6-8,14H,3,5,17H2,1-2H3. The summed E-state index contributed by atoms with van der Waals surface area (Å²) in [5, 5.41) is 4.14. The quantitative estimate of drug-likeness (QED) is 0.923. The number of hydrogen-bond acceptors (Lipinski definition) is 2. The van der Waals surface area contributed by atoms with Crippen molar-refractivity contribution in [2.75, 3.05) is 0 Å². The highest BCUT2D eigenvalue weighted by molar-refractivity contribution is 5.29. The largest absolute Gasteiger partial charge is 0.324 e. The third-order valence-corrected chi connectivity index (χ3v) is 3.14. The second-order valence-electron chi connectivity index (χ2n) is 4.64. The maximum atomic E-state index is 13.7. The van der Waals surface area contributed by atoms with Crippen molar-refractivity contribution in [2.24, 2.45) is 5.73 Å². The molecule has 0 saturated heterocycles. The Morgan fingerprint density at radius 1 is 1.32 bits per heavy atom. The van der Waals surface area contributed by atoms with Gasteiger partial charge >= 0.3 is 0 Å². The van der Waals surface area contributed by atoms with Crippen LogP contribution in [0.4, 0.5) is 8.78 Å². The van der Waals surface area contributed by atoms with Crippen molar-refractivity contribution in [1.29, 1.82) is 0 Å². The van der Waals surface area contributed by atoms with Crippen LogP contribution < -0.4 is 5.73 Å². The SMILES string of the molecule is CCn1cc(CC(N)c2cc(C)c(F)cc2F)cn1. The van der Waals surface area contributed by atoms with Gasteiger partial charge in [0.05, 0.1) is 6.20 Å². The van der Waals surface area contributed by atoms with Gasteiger partial charge in [-0.25, -0.2) is 8.78 Å². The zero-order chi connectivity index (χ0) is 14.0. The topological polar surface area (TPSA) is 43.8 Å². The van der Waals surface area contributed by atoms with Crippen LogP contribution in [0.15, 0.2) is 24.5 Å². The molecule has 19 heavy (non-hydrogen) atoms. The van der Waals surface area contributed by atoms with Crippen LogP contribution in [0.1, 0.15) is 29.7 Å². The van der Waals surface area contributed by atoms with Gasteiger partial charge in [-0.05, 0) is 37.5 Å². The van der Waals surface area contributed by atoms with E-state index in [-0.39, 0.29) is 0 Å². The van der Waals surface area contributed by atoms with E-state index < -0.39 is 17.7 Å². The molecular weight excluding hydrogens is 248 g/mol. The van der Waals surface area contributed by atoms with Gasteiger partial charge in [-0.2, -0.15) is 5.10 Å². The maximum absolute atomic E-state index is 13.7. The zero-order valence-electron chi connectivity index (χ0n) is 11.0. The molecule has 1 aromatic carbocycles. The fraction of sp³-hybridized carbons (Fsp3) is 0.357. The Labute approximate surface area is 111 Å². The van der Waals surface area contributed by atoms with Crippen molar-refractivity contribution in [1.82, 2.24) is 9.78 Å². The molecule has 1 aromatic heterocycles. The third kappa shape index (κ3) is 2.98. The molecular formula is C14H17F2N3. The molecule has 0 fully saturated rings. The predicted octanol–water partition coefficient (Wildman–Crippen LogP) is 2.73. The molecule has 1 atom stereocenters. The minimum atomic E-state index is -0.599. The molecule has 2 N–H and O–H groups in total. The van der Waals surface area contributed by atoms with E-state index in [9.17, 15) is 8.78 Å². The summed E-state index contributed by atoms with van der Waals surface area (Å²) in [5.74, 6) is -1.15. The molecule has 0 aliphatic carbocycles. The molecule has 0 aliphatic heterocycles. The molecule has 0 spiro atoms. The molecule has 102 valence electrons. The average Bonchev–Trinajstić information content (AvgIpc) is 2.81. The lowest BCUT2D eigenvalue weighted by atomic mass is 9.99. The van der Waals surface area contributed by atoms with Crippen LogP contribution in [0.5, 0.6) is 0 Å². The van der Waals surface area contributed by atoms with Crippen LogP contribution in [0, 0.1) is 18.6 Å². The van der Waals surface area contributed by atoms with Gasteiger partial charge in [0.15, 0.2) is 0 Å². The van der Waals surface area contributed by atoms with Gasteiger partial charge in [-0.15, -0.1) is 0 Å². The lowest BCUT2D eigenvalue weighted by Crippen LogP contribution is -2.15. The minimum Gasteiger partial charge on any atom is -0.324 e. The third-order valence-electron chi connectivity index (χ3n) is 3.14. The molecule has 2 aromatic rings. The Kier molecular flexibility index (Phi) is 3.95. The Balaban J connectivity index is 2.19. The number of benzene rings is 1. The number of nitrogens with two attached hydrogens (primary N) is 1. The first kappa shape index (κ1) is 13.7. The monoisotopic (exact) mass is 265 g/mol. The maximum Gasteiger partial charge on any atom is 0.130 e. The summed E-state index contributed by atoms with van der Waals surface area (Å²) >= 11 is 0. The van der Waals surface area contributed by atoms with Gasteiger partial charge in [0, 0.05) is 30.4 Å². The molecule has 2 rings (SSSR count). The lowest BCUT2D eigenvalue weighted by Gasteiger charge is -2.13. The summed E-state index contributed by atoms with van der Waals surface area (Å²) in [6.45, 7) is 4.36. The summed E-state index contributed by atoms with van der Waals surface area (Å²) < 4.78 is 28.7. The van der Waals surface area contributed by atoms with Crippen molar-refractivity contribution >= 4 is 0 Å². The van der Waals surface area contributed by atoms with Gasteiger partial charge < -0.3 is 5.73 Å². The first-order valence-electron chi connectivity index (χ1n) is 6.23. The second kappa shape index (κ2) is 5.48. The lowest BCUT2D eigenvalue weighted by molar-refractivity contribution is 0.549. The zero-order valence-corrected chi connectivity index (χ0v) is 11.0. The number of halogens is 2. The van der Waals surface area contributed by atoms with Crippen molar-refractivity contribution in [3.8, 4) is 0 Å². The average molecular weight is 265 g/mol. The first-order valence-corrected chi connectivity index (χ1v) is 6.23. The highest BCUT2D eigenvalue weighted by atomic mass is 19.1. The summed E-state index contributed by atoms with van der Waals surface area (Å²) in [4.78, 5) is 0. The van der Waals surface area contributed by atoms with Crippen molar-refractivity contribution in [3.63, 3.8) is 0 Å². The van der Waals surface area contributed by atoms with E-state index in [1.54, 1.807) is 17.8 Å². The highest BCUT2D eigenvalue weighted by Crippen LogP contribution is 2.22. The van der Waals surface area contributed by atoms with Crippen LogP contribution in [0.2, 0.25) is 0 Å². The minimum absolute atomic E-state index is 0.336. The van der Waals surface area contributed by atoms with Gasteiger partial charge in [0.1, 0.15) is 11.6 Å². The van der Waals surface area contributed by atoms with Crippen LogP contribution in [0.3, 0.4) is 0 Å². The summed E-state index contributed by atoms with van der Waals surface area (Å²) in [7, 11) is 0. The molecule has 0 bridgehead atoms. The molecule has 3 nitrogen and oxygen atoms in total. The van der Waals surface area contributed by atoms with Crippen LogP contribution in [-0.4, -0.2) is 9.78 Å². The van der Waals surface area contributed by atoms with Gasteiger partial charge in [-0.3, -0.25) is 4.68 Å². The van der Waals surface area contributed by atoms with Gasteiger partial charge in [0.25, 0.3) is 0 Å². The molecule has 1 unspecified atom stereocenters. The van der Waals surface area contributed by atoms with E-state index >= 15 is 0 Å². The number of rotatable bonds is 4. The van der Waals surface area contributed by atoms with Crippen LogP contribution >= 0.6 is 0 Å². The Hall–Kier alpha value is -1.75. The number of aryl methyl sites for hydroxylation is 2. The van der Waals surface area contributed by atoms with E-state index in [0.717, 1.165) is 18.2 Å². The Bertz CT molecular complexity index is 578. The van der Waals surface area contributed by atoms with Crippen LogP contribution in [-0.2, 0) is 13.0 Å². The number of hydrogen-bond donors (Lipinski definition) is 1. The van der Waals surface area contributed by atoms with Crippen molar-refractivity contribution in [3.05, 3.63) is 52.9 Å². The van der Waals surface area contributed by atoms with E-state index in [2.05, 4.69) is 5.10 Å². The first-order chi connectivity index (χ1) is 9.01. The molecule has 1 heterocycles.